The largest absolute Gasteiger partial charge is 0.494 e. The van der Waals surface area contributed by atoms with Gasteiger partial charge >= 0.3 is 0 Å². The predicted octanol–water partition coefficient (Wildman–Crippen LogP) is 4.13. The fourth-order valence-electron chi connectivity index (χ4n) is 3.29. The number of anilines is 2. The number of hydrogen-bond donors (Lipinski definition) is 3. The molecule has 0 aliphatic heterocycles. The van der Waals surface area contributed by atoms with E-state index in [2.05, 4.69) is 15.3 Å². The monoisotopic (exact) mass is 444 g/mol. The van der Waals surface area contributed by atoms with Gasteiger partial charge in [-0.3, -0.25) is 4.79 Å². The van der Waals surface area contributed by atoms with Crippen LogP contribution < -0.4 is 20.5 Å². The van der Waals surface area contributed by atoms with Gasteiger partial charge in [0.1, 0.15) is 29.4 Å². The topological polar surface area (TPSA) is 120 Å². The third kappa shape index (κ3) is 6.80. The van der Waals surface area contributed by atoms with E-state index in [0.29, 0.717) is 29.1 Å². The van der Waals surface area contributed by atoms with Gasteiger partial charge in [-0.1, -0.05) is 30.6 Å². The first-order chi connectivity index (χ1) is 14.9. The maximum Gasteiger partial charge on any atom is 0.222 e. The minimum absolute atomic E-state index is 0.0359. The number of carbonyl (C=O) groups excluding carboxylic acids is 1. The van der Waals surface area contributed by atoms with Gasteiger partial charge in [0, 0.05) is 19.2 Å². The summed E-state index contributed by atoms with van der Waals surface area (Å²) in [6.07, 6.45) is 7.55. The van der Waals surface area contributed by atoms with Gasteiger partial charge in [0.15, 0.2) is 5.13 Å². The van der Waals surface area contributed by atoms with Gasteiger partial charge in [0.05, 0.1) is 17.9 Å². The Kier molecular flexibility index (Phi) is 8.02. The number of methoxy groups -OCH3 is 1. The lowest BCUT2D eigenvalue weighted by Crippen LogP contribution is -2.09. The summed E-state index contributed by atoms with van der Waals surface area (Å²) in [5.41, 5.74) is 7.37. The number of rotatable bonds is 5. The minimum Gasteiger partial charge on any atom is -0.494 e. The number of carbonyl (C=O) groups is 1. The van der Waals surface area contributed by atoms with Crippen molar-refractivity contribution in [3.8, 4) is 11.5 Å². The Balaban J connectivity index is 0.000000330. The second-order valence-electron chi connectivity index (χ2n) is 7.34. The molecule has 2 aromatic heterocycles. The number of pyridine rings is 1. The van der Waals surface area contributed by atoms with Crippen molar-refractivity contribution in [2.75, 3.05) is 18.2 Å². The van der Waals surface area contributed by atoms with Gasteiger partial charge in [-0.25, -0.2) is 9.97 Å². The molecule has 166 valence electrons. The SMILES string of the molecule is COc1cc(OCc2ccnc(NC(C)=O)c2)cc2sc(N)nc12.OC1CCCCC1. The van der Waals surface area contributed by atoms with Crippen LogP contribution in [0.3, 0.4) is 0 Å². The van der Waals surface area contributed by atoms with Crippen molar-refractivity contribution in [3.05, 3.63) is 36.0 Å². The maximum atomic E-state index is 11.1. The number of nitrogens with zero attached hydrogens (tertiary/aromatic N) is 2. The maximum absolute atomic E-state index is 11.1. The highest BCUT2D eigenvalue weighted by Crippen LogP contribution is 2.35. The number of aromatic nitrogens is 2. The lowest BCUT2D eigenvalue weighted by atomic mass is 9.98. The molecule has 1 aromatic carbocycles. The summed E-state index contributed by atoms with van der Waals surface area (Å²) in [4.78, 5) is 19.4. The van der Waals surface area contributed by atoms with Crippen molar-refractivity contribution >= 4 is 38.4 Å². The van der Waals surface area contributed by atoms with E-state index in [1.165, 1.54) is 37.5 Å². The van der Waals surface area contributed by atoms with Gasteiger partial charge in [-0.15, -0.1) is 0 Å². The fourth-order valence-corrected chi connectivity index (χ4v) is 4.07. The number of nitrogens with one attached hydrogen (secondary N) is 1. The number of benzene rings is 1. The molecule has 0 saturated heterocycles. The minimum atomic E-state index is -0.168. The molecule has 1 amide bonds. The van der Waals surface area contributed by atoms with Crippen LogP contribution in [0, 0.1) is 0 Å². The molecule has 8 nitrogen and oxygen atoms in total. The number of nitrogen functional groups attached to an aromatic ring is 1. The van der Waals surface area contributed by atoms with Crippen molar-refractivity contribution in [3.63, 3.8) is 0 Å². The fraction of sp³-hybridized carbons (Fsp3) is 0.409. The molecule has 1 saturated carbocycles. The van der Waals surface area contributed by atoms with Crippen LogP contribution >= 0.6 is 11.3 Å². The number of aliphatic hydroxyl groups is 1. The molecule has 0 radical (unpaired) electrons. The lowest BCUT2D eigenvalue weighted by molar-refractivity contribution is -0.114. The Morgan fingerprint density at radius 3 is 2.71 bits per heavy atom. The summed E-state index contributed by atoms with van der Waals surface area (Å²) in [5.74, 6) is 1.59. The van der Waals surface area contributed by atoms with Crippen LogP contribution in [0.25, 0.3) is 10.2 Å². The van der Waals surface area contributed by atoms with Gasteiger partial charge in [-0.05, 0) is 36.6 Å². The standard InChI is InChI=1S/C16H16N4O3S.C6H12O/c1-9(21)19-14-5-10(3-4-18-14)8-23-11-6-12(22-2)15-13(7-11)24-16(17)20-15;7-6-4-2-1-3-5-6/h3-7H,8H2,1-2H3,(H2,17,20)(H,18,19,21);6-7H,1-5H2. The Hall–Kier alpha value is -2.91. The molecule has 1 aliphatic carbocycles. The van der Waals surface area contributed by atoms with Crippen LogP contribution in [0.15, 0.2) is 30.5 Å². The average molecular weight is 445 g/mol. The molecule has 1 aliphatic rings. The summed E-state index contributed by atoms with van der Waals surface area (Å²) >= 11 is 1.38. The summed E-state index contributed by atoms with van der Waals surface area (Å²) in [6, 6.07) is 7.24. The van der Waals surface area contributed by atoms with Crippen molar-refractivity contribution in [2.45, 2.75) is 51.7 Å². The molecular formula is C22H28N4O4S. The first kappa shape index (κ1) is 22.8. The van der Waals surface area contributed by atoms with Gasteiger partial charge in [0.2, 0.25) is 5.91 Å². The van der Waals surface area contributed by atoms with E-state index in [1.807, 2.05) is 12.1 Å². The van der Waals surface area contributed by atoms with Crippen molar-refractivity contribution in [2.24, 2.45) is 0 Å². The first-order valence-corrected chi connectivity index (χ1v) is 11.0. The summed E-state index contributed by atoms with van der Waals surface area (Å²) in [6.45, 7) is 1.77. The average Bonchev–Trinajstić information content (AvgIpc) is 3.12. The summed E-state index contributed by atoms with van der Waals surface area (Å²) < 4.78 is 12.1. The van der Waals surface area contributed by atoms with E-state index < -0.39 is 0 Å². The normalized spacial score (nSPS) is 13.9. The number of thiazole rings is 1. The lowest BCUT2D eigenvalue weighted by Gasteiger charge is -2.14. The molecule has 4 N–H and O–H groups in total. The zero-order valence-corrected chi connectivity index (χ0v) is 18.6. The number of aliphatic hydroxyl groups excluding tert-OH is 1. The van der Waals surface area contributed by atoms with Crippen LogP contribution in [-0.4, -0.2) is 34.2 Å². The number of nitrogens with two attached hydrogens (primary N) is 1. The van der Waals surface area contributed by atoms with Crippen LogP contribution in [0.4, 0.5) is 10.9 Å². The molecule has 0 unspecified atom stereocenters. The van der Waals surface area contributed by atoms with Gasteiger partial charge in [-0.2, -0.15) is 0 Å². The van der Waals surface area contributed by atoms with Gasteiger partial charge in [0.25, 0.3) is 0 Å². The second kappa shape index (κ2) is 10.9. The van der Waals surface area contributed by atoms with E-state index in [-0.39, 0.29) is 12.0 Å². The molecule has 31 heavy (non-hydrogen) atoms. The number of fused-ring (bicyclic) bond motifs is 1. The van der Waals surface area contributed by atoms with Crippen molar-refractivity contribution in [1.82, 2.24) is 9.97 Å². The molecule has 0 spiro atoms. The third-order valence-corrected chi connectivity index (χ3v) is 5.61. The van der Waals surface area contributed by atoms with E-state index in [1.54, 1.807) is 25.4 Å². The Morgan fingerprint density at radius 2 is 2.06 bits per heavy atom. The third-order valence-electron chi connectivity index (χ3n) is 4.78. The Bertz CT molecular complexity index is 1020. The number of amides is 1. The molecule has 0 atom stereocenters. The molecule has 3 aromatic rings. The van der Waals surface area contributed by atoms with E-state index >= 15 is 0 Å². The molecule has 2 heterocycles. The Morgan fingerprint density at radius 1 is 1.29 bits per heavy atom. The molecule has 1 fully saturated rings. The smallest absolute Gasteiger partial charge is 0.222 e. The summed E-state index contributed by atoms with van der Waals surface area (Å²) in [7, 11) is 1.58. The van der Waals surface area contributed by atoms with E-state index in [0.717, 1.165) is 28.6 Å². The molecular weight excluding hydrogens is 416 g/mol. The zero-order valence-electron chi connectivity index (χ0n) is 17.8. The van der Waals surface area contributed by atoms with Crippen LogP contribution in [0.2, 0.25) is 0 Å². The van der Waals surface area contributed by atoms with Gasteiger partial charge < -0.3 is 25.6 Å². The second-order valence-corrected chi connectivity index (χ2v) is 8.40. The highest BCUT2D eigenvalue weighted by Gasteiger charge is 2.11. The quantitative estimate of drug-likeness (QED) is 0.541. The van der Waals surface area contributed by atoms with Crippen LogP contribution in [0.1, 0.15) is 44.6 Å². The van der Waals surface area contributed by atoms with Crippen molar-refractivity contribution < 1.29 is 19.4 Å². The van der Waals surface area contributed by atoms with E-state index in [9.17, 15) is 4.79 Å². The predicted molar refractivity (Wildman–Crippen MR) is 123 cm³/mol. The molecule has 4 rings (SSSR count). The van der Waals surface area contributed by atoms with E-state index in [4.69, 9.17) is 20.3 Å². The molecule has 9 heteroatoms. The highest BCUT2D eigenvalue weighted by molar-refractivity contribution is 7.22. The van der Waals surface area contributed by atoms with Crippen LogP contribution in [-0.2, 0) is 11.4 Å². The van der Waals surface area contributed by atoms with Crippen molar-refractivity contribution in [1.29, 1.82) is 0 Å². The summed E-state index contributed by atoms with van der Waals surface area (Å²) in [5, 5.41) is 12.0. The zero-order chi connectivity index (χ0) is 22.2. The van der Waals surface area contributed by atoms with Crippen LogP contribution in [0.5, 0.6) is 11.5 Å². The highest BCUT2D eigenvalue weighted by atomic mass is 32.1. The number of hydrogen-bond acceptors (Lipinski definition) is 8. The number of ether oxygens (including phenoxy) is 2. The molecule has 0 bridgehead atoms. The Labute approximate surface area is 185 Å². The first-order valence-electron chi connectivity index (χ1n) is 10.2.